The van der Waals surface area contributed by atoms with Gasteiger partial charge in [0, 0.05) is 0 Å². The number of hydrogen-bond acceptors (Lipinski definition) is 8. The molecule has 10 heteroatoms. The Morgan fingerprint density at radius 2 is 1.29 bits per heavy atom. The Morgan fingerprint density at radius 3 is 1.65 bits per heavy atom. The van der Waals surface area contributed by atoms with Crippen LogP contribution >= 0.6 is 22.9 Å². The first-order chi connectivity index (χ1) is 13.8. The Bertz CT molecular complexity index is 844. The van der Waals surface area contributed by atoms with E-state index in [0.717, 1.165) is 11.3 Å². The van der Waals surface area contributed by atoms with Gasteiger partial charge >= 0.3 is 18.2 Å². The molecule has 0 aromatic carbocycles. The Balaban J connectivity index is 3.43. The molecule has 31 heavy (non-hydrogen) atoms. The van der Waals surface area contributed by atoms with Crippen molar-refractivity contribution in [3.63, 3.8) is 0 Å². The predicted octanol–water partition coefficient (Wildman–Crippen LogP) is 6.22. The number of allylic oxidation sites excluding steroid dienone is 1. The molecular formula is C21H31ClN2O6S. The average Bonchev–Trinajstić information content (AvgIpc) is 2.83. The maximum Gasteiger partial charge on any atom is 0.426 e. The van der Waals surface area contributed by atoms with Crippen molar-refractivity contribution in [1.82, 2.24) is 4.98 Å². The maximum atomic E-state index is 12.8. The highest BCUT2D eigenvalue weighted by molar-refractivity contribution is 7.20. The van der Waals surface area contributed by atoms with Gasteiger partial charge in [0.2, 0.25) is 5.13 Å². The zero-order valence-corrected chi connectivity index (χ0v) is 21.3. The second-order valence-corrected chi connectivity index (χ2v) is 11.2. The van der Waals surface area contributed by atoms with E-state index in [-0.39, 0.29) is 20.7 Å². The first-order valence-corrected chi connectivity index (χ1v) is 10.9. The lowest BCUT2D eigenvalue weighted by Crippen LogP contribution is -2.43. The van der Waals surface area contributed by atoms with E-state index < -0.39 is 35.0 Å². The minimum Gasteiger partial charge on any atom is -0.456 e. The number of anilines is 1. The molecule has 2 amide bonds. The SMILES string of the molecule is C/C=C(\C(=O)OC(C)(C)C)c1nc(N(C(=O)OC(C)(C)C)C(=O)OC(C)(C)C)sc1Cl. The van der Waals surface area contributed by atoms with E-state index in [0.29, 0.717) is 4.90 Å². The summed E-state index contributed by atoms with van der Waals surface area (Å²) < 4.78 is 16.2. The van der Waals surface area contributed by atoms with Crippen molar-refractivity contribution in [2.75, 3.05) is 4.90 Å². The van der Waals surface area contributed by atoms with E-state index in [1.807, 2.05) is 0 Å². The number of amides is 2. The molecule has 0 aliphatic carbocycles. The van der Waals surface area contributed by atoms with Crippen LogP contribution in [0.15, 0.2) is 6.08 Å². The molecular weight excluding hydrogens is 444 g/mol. The van der Waals surface area contributed by atoms with Crippen LogP contribution in [0.4, 0.5) is 14.7 Å². The third-order valence-corrected chi connectivity index (χ3v) is 4.32. The average molecular weight is 475 g/mol. The quantitative estimate of drug-likeness (QED) is 0.291. The third-order valence-electron chi connectivity index (χ3n) is 3.08. The summed E-state index contributed by atoms with van der Waals surface area (Å²) in [4.78, 5) is 43.1. The second kappa shape index (κ2) is 9.56. The van der Waals surface area contributed by atoms with E-state index in [1.54, 1.807) is 69.2 Å². The summed E-state index contributed by atoms with van der Waals surface area (Å²) in [5.74, 6) is -0.630. The summed E-state index contributed by atoms with van der Waals surface area (Å²) in [5.41, 5.74) is -2.26. The number of halogens is 1. The van der Waals surface area contributed by atoms with Crippen molar-refractivity contribution < 1.29 is 28.6 Å². The fraction of sp³-hybridized carbons (Fsp3) is 0.619. The van der Waals surface area contributed by atoms with Crippen LogP contribution < -0.4 is 4.90 Å². The topological polar surface area (TPSA) is 95.0 Å². The molecule has 0 radical (unpaired) electrons. The molecule has 1 heterocycles. The molecule has 1 rings (SSSR count). The summed E-state index contributed by atoms with van der Waals surface area (Å²) in [6, 6.07) is 0. The smallest absolute Gasteiger partial charge is 0.426 e. The Labute approximate surface area is 192 Å². The molecule has 174 valence electrons. The molecule has 0 saturated heterocycles. The van der Waals surface area contributed by atoms with Crippen LogP contribution in [0.3, 0.4) is 0 Å². The molecule has 0 bridgehead atoms. The molecule has 0 spiro atoms. The van der Waals surface area contributed by atoms with Crippen LogP contribution in [0, 0.1) is 0 Å². The Hall–Kier alpha value is -2.13. The highest BCUT2D eigenvalue weighted by Gasteiger charge is 2.36. The zero-order valence-electron chi connectivity index (χ0n) is 19.7. The molecule has 0 unspecified atom stereocenters. The summed E-state index contributed by atoms with van der Waals surface area (Å²) in [7, 11) is 0. The monoisotopic (exact) mass is 474 g/mol. The molecule has 0 N–H and O–H groups in total. The van der Waals surface area contributed by atoms with Gasteiger partial charge in [-0.25, -0.2) is 19.4 Å². The standard InChI is InChI=1S/C21H31ClN2O6S/c1-11-12(15(25)28-19(2,3)4)13-14(22)31-16(23-13)24(17(26)29-20(5,6)7)18(27)30-21(8,9)10/h11H,1-10H3/b12-11-. The highest BCUT2D eigenvalue weighted by Crippen LogP contribution is 2.36. The largest absolute Gasteiger partial charge is 0.456 e. The highest BCUT2D eigenvalue weighted by atomic mass is 35.5. The van der Waals surface area contributed by atoms with Gasteiger partial charge in [0.05, 0.1) is 5.57 Å². The molecule has 1 aromatic heterocycles. The van der Waals surface area contributed by atoms with Crippen molar-refractivity contribution in [1.29, 1.82) is 0 Å². The second-order valence-electron chi connectivity index (χ2n) is 9.62. The van der Waals surface area contributed by atoms with Gasteiger partial charge in [-0.15, -0.1) is 0 Å². The number of aromatic nitrogens is 1. The van der Waals surface area contributed by atoms with Crippen LogP contribution in [0.5, 0.6) is 0 Å². The lowest BCUT2D eigenvalue weighted by molar-refractivity contribution is -0.147. The van der Waals surface area contributed by atoms with Gasteiger partial charge in [0.15, 0.2) is 0 Å². The van der Waals surface area contributed by atoms with Gasteiger partial charge in [-0.05, 0) is 69.2 Å². The molecule has 8 nitrogen and oxygen atoms in total. The molecule has 0 atom stereocenters. The summed E-state index contributed by atoms with van der Waals surface area (Å²) in [6.45, 7) is 16.8. The summed E-state index contributed by atoms with van der Waals surface area (Å²) >= 11 is 7.17. The van der Waals surface area contributed by atoms with Crippen LogP contribution in [-0.2, 0) is 19.0 Å². The minimum absolute atomic E-state index is 0.0913. The van der Waals surface area contributed by atoms with Crippen molar-refractivity contribution >= 4 is 51.8 Å². The normalized spacial score (nSPS) is 12.9. The number of thiazole rings is 1. The minimum atomic E-state index is -0.974. The fourth-order valence-electron chi connectivity index (χ4n) is 2.08. The van der Waals surface area contributed by atoms with Crippen LogP contribution in [0.25, 0.3) is 5.57 Å². The number of rotatable bonds is 3. The molecule has 0 aliphatic rings. The fourth-order valence-corrected chi connectivity index (χ4v) is 3.22. The van der Waals surface area contributed by atoms with Gasteiger partial charge in [-0.3, -0.25) is 0 Å². The van der Waals surface area contributed by atoms with Crippen LogP contribution in [0.1, 0.15) is 74.9 Å². The molecule has 1 aromatic rings. The number of esters is 1. The lowest BCUT2D eigenvalue weighted by atomic mass is 10.1. The van der Waals surface area contributed by atoms with E-state index in [4.69, 9.17) is 25.8 Å². The number of nitrogens with zero attached hydrogens (tertiary/aromatic N) is 2. The van der Waals surface area contributed by atoms with Crippen molar-refractivity contribution in [3.8, 4) is 0 Å². The van der Waals surface area contributed by atoms with E-state index in [2.05, 4.69) is 4.98 Å². The first kappa shape index (κ1) is 26.9. The predicted molar refractivity (Wildman–Crippen MR) is 122 cm³/mol. The van der Waals surface area contributed by atoms with Gasteiger partial charge in [-0.1, -0.05) is 29.0 Å². The lowest BCUT2D eigenvalue weighted by Gasteiger charge is -2.27. The zero-order chi connectivity index (χ0) is 24.4. The number of imide groups is 1. The molecule has 0 saturated carbocycles. The summed E-state index contributed by atoms with van der Waals surface area (Å²) in [5, 5.41) is -0.0913. The van der Waals surface area contributed by atoms with Gasteiger partial charge < -0.3 is 14.2 Å². The number of ether oxygens (including phenoxy) is 3. The van der Waals surface area contributed by atoms with E-state index in [9.17, 15) is 14.4 Å². The van der Waals surface area contributed by atoms with Crippen molar-refractivity contribution in [2.45, 2.75) is 86.0 Å². The maximum absolute atomic E-state index is 12.8. The van der Waals surface area contributed by atoms with Gasteiger partial charge in [-0.2, -0.15) is 4.90 Å². The molecule has 0 aliphatic heterocycles. The number of hydrogen-bond donors (Lipinski definition) is 0. The van der Waals surface area contributed by atoms with Crippen LogP contribution in [-0.4, -0.2) is 39.9 Å². The van der Waals surface area contributed by atoms with Crippen molar-refractivity contribution in [3.05, 3.63) is 16.1 Å². The van der Waals surface area contributed by atoms with E-state index in [1.165, 1.54) is 6.08 Å². The third kappa shape index (κ3) is 8.49. The van der Waals surface area contributed by atoms with Gasteiger partial charge in [0.1, 0.15) is 26.8 Å². The van der Waals surface area contributed by atoms with Crippen molar-refractivity contribution in [2.24, 2.45) is 0 Å². The Kier molecular flexibility index (Phi) is 8.30. The number of carbonyl (C=O) groups is 3. The summed E-state index contributed by atoms with van der Waals surface area (Å²) in [6.07, 6.45) is -0.444. The van der Waals surface area contributed by atoms with Crippen LogP contribution in [0.2, 0.25) is 4.34 Å². The number of carbonyl (C=O) groups excluding carboxylic acids is 3. The Morgan fingerprint density at radius 1 is 0.871 bits per heavy atom. The first-order valence-electron chi connectivity index (χ1n) is 9.67. The molecule has 0 fully saturated rings. The van der Waals surface area contributed by atoms with Gasteiger partial charge in [0.25, 0.3) is 0 Å². The van der Waals surface area contributed by atoms with E-state index >= 15 is 0 Å².